The monoisotopic (exact) mass is 282 g/mol. The third-order valence-corrected chi connectivity index (χ3v) is 3.50. The van der Waals surface area contributed by atoms with Crippen LogP contribution in [0.1, 0.15) is 23.1 Å². The van der Waals surface area contributed by atoms with Crippen LogP contribution < -0.4 is 11.1 Å². The molecule has 94 valence electrons. The molecule has 2 heterocycles. The molecule has 8 heteroatoms. The van der Waals surface area contributed by atoms with E-state index in [-0.39, 0.29) is 18.1 Å². The minimum atomic E-state index is -0.232. The van der Waals surface area contributed by atoms with Crippen LogP contribution in [-0.4, -0.2) is 21.7 Å². The molecule has 2 rings (SSSR count). The van der Waals surface area contributed by atoms with Gasteiger partial charge in [-0.1, -0.05) is 0 Å². The number of nitrogen functional groups attached to an aromatic ring is 1. The van der Waals surface area contributed by atoms with Gasteiger partial charge in [-0.15, -0.1) is 22.7 Å². The first kappa shape index (κ1) is 12.7. The minimum Gasteiger partial charge on any atom is -0.375 e. The number of nitrogens with zero attached hydrogens (tertiary/aromatic N) is 2. The van der Waals surface area contributed by atoms with Crippen molar-refractivity contribution in [2.45, 2.75) is 13.3 Å². The Bertz CT molecular complexity index is 590. The maximum absolute atomic E-state index is 11.7. The molecular formula is C10H10N4O2S2. The quantitative estimate of drug-likeness (QED) is 0.829. The molecule has 0 fully saturated rings. The Morgan fingerprint density at radius 2 is 2.11 bits per heavy atom. The standard InChI is InChI=1S/C10H10N4O2S2/c1-5(15)7-4-18-10(13-7)14-8(16)2-6-3-17-9(11)12-6/h3-4H,2H2,1H3,(H2,11,12)(H,13,14,16). The molecular weight excluding hydrogens is 272 g/mol. The van der Waals surface area contributed by atoms with Gasteiger partial charge >= 0.3 is 0 Å². The zero-order valence-corrected chi connectivity index (χ0v) is 11.1. The van der Waals surface area contributed by atoms with Gasteiger partial charge in [0.25, 0.3) is 0 Å². The normalized spacial score (nSPS) is 10.3. The Labute approximate surface area is 111 Å². The first-order valence-electron chi connectivity index (χ1n) is 5.01. The second-order valence-corrected chi connectivity index (χ2v) is 5.24. The van der Waals surface area contributed by atoms with Gasteiger partial charge in [0, 0.05) is 17.7 Å². The molecule has 0 radical (unpaired) electrons. The van der Waals surface area contributed by atoms with Gasteiger partial charge in [-0.25, -0.2) is 9.97 Å². The number of rotatable bonds is 4. The van der Waals surface area contributed by atoms with Crippen molar-refractivity contribution in [2.75, 3.05) is 11.1 Å². The summed E-state index contributed by atoms with van der Waals surface area (Å²) in [4.78, 5) is 30.7. The van der Waals surface area contributed by atoms with E-state index < -0.39 is 0 Å². The number of amides is 1. The van der Waals surface area contributed by atoms with Crippen LogP contribution in [-0.2, 0) is 11.2 Å². The molecule has 2 aromatic rings. The lowest BCUT2D eigenvalue weighted by Crippen LogP contribution is -2.14. The zero-order valence-electron chi connectivity index (χ0n) is 9.47. The minimum absolute atomic E-state index is 0.126. The van der Waals surface area contributed by atoms with E-state index >= 15 is 0 Å². The molecule has 0 aliphatic heterocycles. The summed E-state index contributed by atoms with van der Waals surface area (Å²) in [6, 6.07) is 0. The first-order chi connectivity index (χ1) is 8.54. The smallest absolute Gasteiger partial charge is 0.232 e. The highest BCUT2D eigenvalue weighted by atomic mass is 32.1. The number of thiazole rings is 2. The lowest BCUT2D eigenvalue weighted by Gasteiger charge is -1.98. The predicted octanol–water partition coefficient (Wildman–Crippen LogP) is 1.57. The fourth-order valence-electron chi connectivity index (χ4n) is 1.22. The summed E-state index contributed by atoms with van der Waals surface area (Å²) in [5.41, 5.74) is 6.45. The van der Waals surface area contributed by atoms with E-state index in [0.717, 1.165) is 0 Å². The summed E-state index contributed by atoms with van der Waals surface area (Å²) >= 11 is 2.51. The second kappa shape index (κ2) is 5.23. The third kappa shape index (κ3) is 3.11. The molecule has 0 saturated heterocycles. The van der Waals surface area contributed by atoms with Crippen LogP contribution in [0.15, 0.2) is 10.8 Å². The van der Waals surface area contributed by atoms with E-state index in [9.17, 15) is 9.59 Å². The highest BCUT2D eigenvalue weighted by Crippen LogP contribution is 2.17. The Balaban J connectivity index is 1.96. The zero-order chi connectivity index (χ0) is 13.1. The summed E-state index contributed by atoms with van der Waals surface area (Å²) in [6.07, 6.45) is 0.142. The van der Waals surface area contributed by atoms with Crippen molar-refractivity contribution in [3.63, 3.8) is 0 Å². The SMILES string of the molecule is CC(=O)c1csc(NC(=O)Cc2csc(N)n2)n1. The third-order valence-electron chi connectivity index (χ3n) is 2.02. The molecule has 0 spiro atoms. The number of carbonyl (C=O) groups excluding carboxylic acids is 2. The number of nitrogens with one attached hydrogen (secondary N) is 1. The molecule has 0 aromatic carbocycles. The Hall–Kier alpha value is -1.80. The average Bonchev–Trinajstić information content (AvgIpc) is 2.88. The van der Waals surface area contributed by atoms with E-state index in [4.69, 9.17) is 5.73 Å². The van der Waals surface area contributed by atoms with Crippen LogP contribution in [0.4, 0.5) is 10.3 Å². The predicted molar refractivity (Wildman–Crippen MR) is 71.0 cm³/mol. The number of carbonyl (C=O) groups is 2. The van der Waals surface area contributed by atoms with Crippen molar-refractivity contribution < 1.29 is 9.59 Å². The highest BCUT2D eigenvalue weighted by molar-refractivity contribution is 7.14. The van der Waals surface area contributed by atoms with Crippen LogP contribution in [0.5, 0.6) is 0 Å². The largest absolute Gasteiger partial charge is 0.375 e. The van der Waals surface area contributed by atoms with Crippen LogP contribution in [0, 0.1) is 0 Å². The van der Waals surface area contributed by atoms with Crippen molar-refractivity contribution in [1.82, 2.24) is 9.97 Å². The van der Waals surface area contributed by atoms with Gasteiger partial charge in [-0.2, -0.15) is 0 Å². The van der Waals surface area contributed by atoms with Gasteiger partial charge in [-0.05, 0) is 0 Å². The van der Waals surface area contributed by atoms with Gasteiger partial charge in [0.1, 0.15) is 5.69 Å². The Kier molecular flexibility index (Phi) is 3.68. The van der Waals surface area contributed by atoms with Crippen molar-refractivity contribution >= 4 is 44.6 Å². The van der Waals surface area contributed by atoms with E-state index in [0.29, 0.717) is 21.7 Å². The van der Waals surface area contributed by atoms with E-state index in [1.54, 1.807) is 10.8 Å². The molecule has 3 N–H and O–H groups in total. The van der Waals surface area contributed by atoms with Crippen LogP contribution in [0.25, 0.3) is 0 Å². The molecule has 0 aliphatic rings. The summed E-state index contributed by atoms with van der Waals surface area (Å²) in [5.74, 6) is -0.358. The fraction of sp³-hybridized carbons (Fsp3) is 0.200. The van der Waals surface area contributed by atoms with Gasteiger partial charge in [-0.3, -0.25) is 9.59 Å². The highest BCUT2D eigenvalue weighted by Gasteiger charge is 2.11. The number of aromatic nitrogens is 2. The van der Waals surface area contributed by atoms with Crippen molar-refractivity contribution in [3.05, 3.63) is 22.1 Å². The summed E-state index contributed by atoms with van der Waals surface area (Å²) in [6.45, 7) is 1.43. The molecule has 18 heavy (non-hydrogen) atoms. The molecule has 0 aliphatic carbocycles. The Morgan fingerprint density at radius 1 is 1.33 bits per heavy atom. The fourth-order valence-corrected chi connectivity index (χ4v) is 2.55. The molecule has 0 atom stereocenters. The molecule has 1 amide bonds. The van der Waals surface area contributed by atoms with E-state index in [1.807, 2.05) is 0 Å². The lowest BCUT2D eigenvalue weighted by molar-refractivity contribution is -0.115. The van der Waals surface area contributed by atoms with Gasteiger partial charge in [0.05, 0.1) is 12.1 Å². The second-order valence-electron chi connectivity index (χ2n) is 3.50. The summed E-state index contributed by atoms with van der Waals surface area (Å²) in [5, 5.41) is 6.81. The molecule has 0 unspecified atom stereocenters. The lowest BCUT2D eigenvalue weighted by atomic mass is 10.3. The van der Waals surface area contributed by atoms with E-state index in [1.165, 1.54) is 29.6 Å². The number of hydrogen-bond acceptors (Lipinski definition) is 7. The van der Waals surface area contributed by atoms with Crippen molar-refractivity contribution in [1.29, 1.82) is 0 Å². The number of nitrogens with two attached hydrogens (primary N) is 1. The molecule has 2 aromatic heterocycles. The Morgan fingerprint density at radius 3 is 2.67 bits per heavy atom. The number of anilines is 2. The van der Waals surface area contributed by atoms with Gasteiger partial charge in [0.15, 0.2) is 16.0 Å². The van der Waals surface area contributed by atoms with Crippen LogP contribution in [0.2, 0.25) is 0 Å². The average molecular weight is 282 g/mol. The molecule has 0 saturated carbocycles. The summed E-state index contributed by atoms with van der Waals surface area (Å²) in [7, 11) is 0. The van der Waals surface area contributed by atoms with Crippen LogP contribution >= 0.6 is 22.7 Å². The van der Waals surface area contributed by atoms with Crippen molar-refractivity contribution in [3.8, 4) is 0 Å². The van der Waals surface area contributed by atoms with Crippen molar-refractivity contribution in [2.24, 2.45) is 0 Å². The summed E-state index contributed by atoms with van der Waals surface area (Å²) < 4.78 is 0. The van der Waals surface area contributed by atoms with Gasteiger partial charge < -0.3 is 11.1 Å². The molecule has 6 nitrogen and oxygen atoms in total. The first-order valence-corrected chi connectivity index (χ1v) is 6.76. The number of hydrogen-bond donors (Lipinski definition) is 2. The maximum atomic E-state index is 11.7. The topological polar surface area (TPSA) is 98.0 Å². The maximum Gasteiger partial charge on any atom is 0.232 e. The number of ketones is 1. The molecule has 0 bridgehead atoms. The number of Topliss-reactive ketones (excluding diaryl/α,β-unsaturated/α-hetero) is 1. The van der Waals surface area contributed by atoms with E-state index in [2.05, 4.69) is 15.3 Å². The van der Waals surface area contributed by atoms with Gasteiger partial charge in [0.2, 0.25) is 5.91 Å². The van der Waals surface area contributed by atoms with Crippen LogP contribution in [0.3, 0.4) is 0 Å².